The van der Waals surface area contributed by atoms with Crippen molar-refractivity contribution in [3.63, 3.8) is 0 Å². The second kappa shape index (κ2) is 5.13. The minimum Gasteiger partial charge on any atom is -0.369 e. The third kappa shape index (κ3) is 2.16. The molecule has 0 fully saturated rings. The highest BCUT2D eigenvalue weighted by molar-refractivity contribution is 9.10. The van der Waals surface area contributed by atoms with Crippen molar-refractivity contribution >= 4 is 38.8 Å². The Hall–Kier alpha value is -2.81. The van der Waals surface area contributed by atoms with Crippen molar-refractivity contribution in [1.29, 1.82) is 0 Å². The van der Waals surface area contributed by atoms with Gasteiger partial charge in [0, 0.05) is 0 Å². The zero-order chi connectivity index (χ0) is 16.0. The van der Waals surface area contributed by atoms with E-state index in [2.05, 4.69) is 35.9 Å². The van der Waals surface area contributed by atoms with Crippen molar-refractivity contribution in [2.45, 2.75) is 6.54 Å². The van der Waals surface area contributed by atoms with E-state index < -0.39 is 5.56 Å². The van der Waals surface area contributed by atoms with Crippen LogP contribution >= 0.6 is 15.9 Å². The molecule has 0 bridgehead atoms. The molecule has 114 valence electrons. The maximum atomic E-state index is 12.6. The lowest BCUT2D eigenvalue weighted by atomic mass is 10.2. The number of nitrogen functional groups attached to an aromatic ring is 1. The fourth-order valence-electron chi connectivity index (χ4n) is 2.41. The van der Waals surface area contributed by atoms with Gasteiger partial charge in [-0.1, -0.05) is 30.3 Å². The Balaban J connectivity index is 2.01. The molecule has 0 saturated carbocycles. The molecule has 4 rings (SSSR count). The fraction of sp³-hybridized carbons (Fsp3) is 0.0714. The first kappa shape index (κ1) is 13.8. The van der Waals surface area contributed by atoms with E-state index in [-0.39, 0.29) is 17.2 Å². The molecule has 23 heavy (non-hydrogen) atoms. The van der Waals surface area contributed by atoms with Crippen LogP contribution in [0.15, 0.2) is 46.2 Å². The summed E-state index contributed by atoms with van der Waals surface area (Å²) in [7, 11) is 0. The SMILES string of the molecule is Nc1ncnc2nc3c(nc(Br)n3Cc3ccccc3)c(=O)n12. The van der Waals surface area contributed by atoms with Crippen LogP contribution in [-0.4, -0.2) is 28.9 Å². The number of hydrogen-bond donors (Lipinski definition) is 1. The molecule has 0 radical (unpaired) electrons. The summed E-state index contributed by atoms with van der Waals surface area (Å²) in [6, 6.07) is 9.84. The molecule has 0 amide bonds. The Morgan fingerprint density at radius 1 is 1.13 bits per heavy atom. The predicted octanol–water partition coefficient (Wildman–Crippen LogP) is 1.23. The minimum absolute atomic E-state index is 0.0307. The summed E-state index contributed by atoms with van der Waals surface area (Å²) in [5, 5.41) is 0. The van der Waals surface area contributed by atoms with Crippen molar-refractivity contribution in [1.82, 2.24) is 28.9 Å². The predicted molar refractivity (Wildman–Crippen MR) is 88.0 cm³/mol. The van der Waals surface area contributed by atoms with Gasteiger partial charge >= 0.3 is 0 Å². The van der Waals surface area contributed by atoms with E-state index in [1.54, 1.807) is 0 Å². The number of halogens is 1. The van der Waals surface area contributed by atoms with Gasteiger partial charge in [0.1, 0.15) is 6.33 Å². The third-order valence-corrected chi connectivity index (χ3v) is 4.09. The molecule has 4 aromatic rings. The first-order chi connectivity index (χ1) is 11.1. The largest absolute Gasteiger partial charge is 0.369 e. The Labute approximate surface area is 137 Å². The number of anilines is 1. The topological polar surface area (TPSA) is 104 Å². The molecule has 0 spiro atoms. The third-order valence-electron chi connectivity index (χ3n) is 3.48. The molecule has 8 nitrogen and oxygen atoms in total. The van der Waals surface area contributed by atoms with Crippen LogP contribution in [0.4, 0.5) is 5.95 Å². The van der Waals surface area contributed by atoms with Crippen LogP contribution in [0.25, 0.3) is 16.9 Å². The number of nitrogens with zero attached hydrogens (tertiary/aromatic N) is 6. The molecule has 3 heterocycles. The number of benzene rings is 1. The number of imidazole rings is 1. The van der Waals surface area contributed by atoms with Crippen LogP contribution in [-0.2, 0) is 6.54 Å². The highest BCUT2D eigenvalue weighted by atomic mass is 79.9. The lowest BCUT2D eigenvalue weighted by molar-refractivity contribution is 0.790. The van der Waals surface area contributed by atoms with Crippen molar-refractivity contribution in [3.8, 4) is 0 Å². The van der Waals surface area contributed by atoms with Crippen LogP contribution in [0.1, 0.15) is 5.56 Å². The van der Waals surface area contributed by atoms with Gasteiger partial charge in [-0.25, -0.2) is 19.4 Å². The lowest BCUT2D eigenvalue weighted by Gasteiger charge is -2.06. The summed E-state index contributed by atoms with van der Waals surface area (Å²) in [6.45, 7) is 0.529. The fourth-order valence-corrected chi connectivity index (χ4v) is 2.88. The summed E-state index contributed by atoms with van der Waals surface area (Å²) in [5.74, 6) is 0.222. The van der Waals surface area contributed by atoms with Crippen molar-refractivity contribution in [2.24, 2.45) is 0 Å². The number of nitrogens with two attached hydrogens (primary N) is 1. The average Bonchev–Trinajstić information content (AvgIpc) is 2.85. The zero-order valence-corrected chi connectivity index (χ0v) is 13.3. The summed E-state index contributed by atoms with van der Waals surface area (Å²) in [4.78, 5) is 29.1. The van der Waals surface area contributed by atoms with E-state index in [9.17, 15) is 4.79 Å². The van der Waals surface area contributed by atoms with Gasteiger partial charge in [0.15, 0.2) is 15.9 Å². The summed E-state index contributed by atoms with van der Waals surface area (Å²) in [6.07, 6.45) is 1.27. The van der Waals surface area contributed by atoms with E-state index in [1.807, 2.05) is 34.9 Å². The van der Waals surface area contributed by atoms with E-state index in [0.29, 0.717) is 16.9 Å². The highest BCUT2D eigenvalue weighted by Gasteiger charge is 2.17. The van der Waals surface area contributed by atoms with Gasteiger partial charge in [-0.05, 0) is 21.5 Å². The number of fused-ring (bicyclic) bond motifs is 2. The highest BCUT2D eigenvalue weighted by Crippen LogP contribution is 2.18. The monoisotopic (exact) mass is 371 g/mol. The Kier molecular flexibility index (Phi) is 3.08. The average molecular weight is 372 g/mol. The van der Waals surface area contributed by atoms with Gasteiger partial charge < -0.3 is 5.73 Å². The van der Waals surface area contributed by atoms with Crippen LogP contribution in [0.2, 0.25) is 0 Å². The van der Waals surface area contributed by atoms with Gasteiger partial charge in [0.05, 0.1) is 6.54 Å². The van der Waals surface area contributed by atoms with Crippen LogP contribution in [0, 0.1) is 0 Å². The molecule has 2 N–H and O–H groups in total. The summed E-state index contributed by atoms with van der Waals surface area (Å²) < 4.78 is 3.47. The molecular weight excluding hydrogens is 362 g/mol. The van der Waals surface area contributed by atoms with Gasteiger partial charge in [0.2, 0.25) is 11.7 Å². The van der Waals surface area contributed by atoms with Crippen molar-refractivity contribution in [3.05, 3.63) is 57.3 Å². The number of rotatable bonds is 2. The molecule has 0 unspecified atom stereocenters. The molecular formula is C14H10BrN7O. The molecule has 0 aliphatic rings. The summed E-state index contributed by atoms with van der Waals surface area (Å²) in [5.41, 5.74) is 7.08. The Morgan fingerprint density at radius 3 is 2.70 bits per heavy atom. The minimum atomic E-state index is -0.393. The first-order valence-corrected chi connectivity index (χ1v) is 7.53. The smallest absolute Gasteiger partial charge is 0.290 e. The molecule has 0 aliphatic heterocycles. The van der Waals surface area contributed by atoms with Crippen LogP contribution in [0.5, 0.6) is 0 Å². The quantitative estimate of drug-likeness (QED) is 0.531. The van der Waals surface area contributed by atoms with E-state index in [0.717, 1.165) is 9.96 Å². The molecule has 3 aromatic heterocycles. The van der Waals surface area contributed by atoms with E-state index in [1.165, 1.54) is 6.33 Å². The van der Waals surface area contributed by atoms with Gasteiger partial charge in [-0.2, -0.15) is 4.98 Å². The summed E-state index contributed by atoms with van der Waals surface area (Å²) >= 11 is 3.39. The molecule has 0 aliphatic carbocycles. The maximum Gasteiger partial charge on any atom is 0.290 e. The van der Waals surface area contributed by atoms with Gasteiger partial charge in [0.25, 0.3) is 5.56 Å². The van der Waals surface area contributed by atoms with Gasteiger partial charge in [-0.3, -0.25) is 9.36 Å². The van der Waals surface area contributed by atoms with Crippen LogP contribution < -0.4 is 11.3 Å². The number of aromatic nitrogens is 6. The molecule has 0 atom stereocenters. The Bertz CT molecular complexity index is 1090. The maximum absolute atomic E-state index is 12.6. The van der Waals surface area contributed by atoms with E-state index in [4.69, 9.17) is 5.73 Å². The van der Waals surface area contributed by atoms with Crippen molar-refractivity contribution < 1.29 is 0 Å². The molecule has 9 heteroatoms. The standard InChI is InChI=1S/C14H10BrN7O/c15-12-19-9-10(21(12)6-8-4-2-1-3-5-8)20-14-18-7-17-13(16)22(14)11(9)23/h1-5,7H,6H2,(H2,16,17,18,20). The van der Waals surface area contributed by atoms with E-state index >= 15 is 0 Å². The van der Waals surface area contributed by atoms with Crippen LogP contribution in [0.3, 0.4) is 0 Å². The van der Waals surface area contributed by atoms with Crippen molar-refractivity contribution in [2.75, 3.05) is 5.73 Å². The normalized spacial score (nSPS) is 11.3. The molecule has 0 saturated heterocycles. The Morgan fingerprint density at radius 2 is 1.91 bits per heavy atom. The second-order valence-corrected chi connectivity index (χ2v) is 5.62. The second-order valence-electron chi connectivity index (χ2n) is 4.91. The number of hydrogen-bond acceptors (Lipinski definition) is 6. The first-order valence-electron chi connectivity index (χ1n) is 6.74. The lowest BCUT2D eigenvalue weighted by Crippen LogP contribution is -2.20. The zero-order valence-electron chi connectivity index (χ0n) is 11.7. The van der Waals surface area contributed by atoms with Gasteiger partial charge in [-0.15, -0.1) is 0 Å². The molecule has 1 aromatic carbocycles.